The summed E-state index contributed by atoms with van der Waals surface area (Å²) < 4.78 is 37.0. The SMILES string of the molecule is CC(=N)CCc1cccc(C(F)(F)F)c1. The smallest absolute Gasteiger partial charge is 0.310 e. The summed E-state index contributed by atoms with van der Waals surface area (Å²) in [6, 6.07) is 5.25. The monoisotopic (exact) mass is 215 g/mol. The van der Waals surface area contributed by atoms with Gasteiger partial charge in [0.2, 0.25) is 0 Å². The Morgan fingerprint density at radius 1 is 1.33 bits per heavy atom. The summed E-state index contributed by atoms with van der Waals surface area (Å²) in [5.74, 6) is 0. The van der Waals surface area contributed by atoms with Crippen molar-refractivity contribution in [2.45, 2.75) is 25.9 Å². The lowest BCUT2D eigenvalue weighted by Crippen LogP contribution is -2.05. The van der Waals surface area contributed by atoms with Gasteiger partial charge in [-0.1, -0.05) is 18.2 Å². The molecule has 0 spiro atoms. The van der Waals surface area contributed by atoms with Crippen LogP contribution < -0.4 is 0 Å². The highest BCUT2D eigenvalue weighted by molar-refractivity contribution is 5.78. The minimum absolute atomic E-state index is 0.479. The normalized spacial score (nSPS) is 11.5. The number of alkyl halides is 3. The van der Waals surface area contributed by atoms with Gasteiger partial charge in [-0.25, -0.2) is 0 Å². The fourth-order valence-corrected chi connectivity index (χ4v) is 1.24. The molecule has 0 aliphatic heterocycles. The van der Waals surface area contributed by atoms with E-state index < -0.39 is 11.7 Å². The third-order valence-corrected chi connectivity index (χ3v) is 2.04. The fraction of sp³-hybridized carbons (Fsp3) is 0.364. The Hall–Kier alpha value is -1.32. The molecular formula is C11H12F3N. The molecule has 0 unspecified atom stereocenters. The quantitative estimate of drug-likeness (QED) is 0.744. The van der Waals surface area contributed by atoms with Crippen molar-refractivity contribution in [2.75, 3.05) is 0 Å². The average molecular weight is 215 g/mol. The Labute approximate surface area is 86.4 Å². The molecule has 1 N–H and O–H groups in total. The zero-order valence-electron chi connectivity index (χ0n) is 8.36. The fourth-order valence-electron chi connectivity index (χ4n) is 1.24. The van der Waals surface area contributed by atoms with Gasteiger partial charge in [-0.3, -0.25) is 0 Å². The lowest BCUT2D eigenvalue weighted by Gasteiger charge is -2.08. The van der Waals surface area contributed by atoms with E-state index in [1.54, 1.807) is 13.0 Å². The van der Waals surface area contributed by atoms with Crippen LogP contribution in [0.1, 0.15) is 24.5 Å². The standard InChI is InChI=1S/C11H12F3N/c1-8(15)5-6-9-3-2-4-10(7-9)11(12,13)14/h2-4,7,15H,5-6H2,1H3. The molecule has 1 nitrogen and oxygen atoms in total. The van der Waals surface area contributed by atoms with Crippen LogP contribution in [-0.2, 0) is 12.6 Å². The first-order valence-electron chi connectivity index (χ1n) is 4.60. The lowest BCUT2D eigenvalue weighted by molar-refractivity contribution is -0.137. The summed E-state index contributed by atoms with van der Waals surface area (Å²) in [6.07, 6.45) is -3.30. The number of aryl methyl sites for hydroxylation is 1. The van der Waals surface area contributed by atoms with Gasteiger partial charge in [0.15, 0.2) is 0 Å². The average Bonchev–Trinajstić information content (AvgIpc) is 2.14. The van der Waals surface area contributed by atoms with Crippen LogP contribution in [-0.4, -0.2) is 5.71 Å². The Morgan fingerprint density at radius 3 is 2.53 bits per heavy atom. The Morgan fingerprint density at radius 2 is 2.00 bits per heavy atom. The molecule has 1 rings (SSSR count). The highest BCUT2D eigenvalue weighted by Crippen LogP contribution is 2.29. The molecule has 0 aliphatic rings. The molecule has 0 aromatic heterocycles. The van der Waals surface area contributed by atoms with Crippen molar-refractivity contribution in [3.63, 3.8) is 0 Å². The van der Waals surface area contributed by atoms with Crippen molar-refractivity contribution in [3.05, 3.63) is 35.4 Å². The van der Waals surface area contributed by atoms with Crippen molar-refractivity contribution < 1.29 is 13.2 Å². The maximum Gasteiger partial charge on any atom is 0.416 e. The molecule has 0 radical (unpaired) electrons. The first-order valence-corrected chi connectivity index (χ1v) is 4.60. The van der Waals surface area contributed by atoms with Gasteiger partial charge in [0.05, 0.1) is 5.56 Å². The predicted molar refractivity (Wildman–Crippen MR) is 53.2 cm³/mol. The van der Waals surface area contributed by atoms with Crippen molar-refractivity contribution in [1.29, 1.82) is 5.41 Å². The zero-order valence-corrected chi connectivity index (χ0v) is 8.36. The lowest BCUT2D eigenvalue weighted by atomic mass is 10.0. The van der Waals surface area contributed by atoms with Gasteiger partial charge in [-0.15, -0.1) is 0 Å². The summed E-state index contributed by atoms with van der Waals surface area (Å²) in [4.78, 5) is 0. The summed E-state index contributed by atoms with van der Waals surface area (Å²) in [5, 5.41) is 7.20. The number of hydrogen-bond acceptors (Lipinski definition) is 1. The number of rotatable bonds is 3. The summed E-state index contributed by atoms with van der Waals surface area (Å²) in [6.45, 7) is 1.65. The molecule has 1 aromatic carbocycles. The maximum atomic E-state index is 12.3. The van der Waals surface area contributed by atoms with Crippen LogP contribution in [0, 0.1) is 5.41 Å². The summed E-state index contributed by atoms with van der Waals surface area (Å²) in [7, 11) is 0. The van der Waals surface area contributed by atoms with Gasteiger partial charge in [0, 0.05) is 5.71 Å². The Balaban J connectivity index is 2.79. The van der Waals surface area contributed by atoms with Crippen molar-refractivity contribution in [1.82, 2.24) is 0 Å². The number of nitrogens with one attached hydrogen (secondary N) is 1. The minimum atomic E-state index is -4.28. The van der Waals surface area contributed by atoms with Crippen LogP contribution in [0.25, 0.3) is 0 Å². The molecule has 4 heteroatoms. The third-order valence-electron chi connectivity index (χ3n) is 2.04. The third kappa shape index (κ3) is 3.73. The van der Waals surface area contributed by atoms with E-state index in [9.17, 15) is 13.2 Å². The second-order valence-electron chi connectivity index (χ2n) is 3.48. The van der Waals surface area contributed by atoms with E-state index in [0.29, 0.717) is 24.1 Å². The van der Waals surface area contributed by atoms with Crippen molar-refractivity contribution >= 4 is 5.71 Å². The van der Waals surface area contributed by atoms with E-state index in [2.05, 4.69) is 0 Å². The van der Waals surface area contributed by atoms with Gasteiger partial charge in [0.1, 0.15) is 0 Å². The Kier molecular flexibility index (Phi) is 3.50. The molecule has 82 valence electrons. The predicted octanol–water partition coefficient (Wildman–Crippen LogP) is 3.68. The molecule has 15 heavy (non-hydrogen) atoms. The van der Waals surface area contributed by atoms with Crippen LogP contribution in [0.3, 0.4) is 0 Å². The van der Waals surface area contributed by atoms with Crippen molar-refractivity contribution in [3.8, 4) is 0 Å². The second-order valence-corrected chi connectivity index (χ2v) is 3.48. The van der Waals surface area contributed by atoms with Gasteiger partial charge in [-0.2, -0.15) is 13.2 Å². The van der Waals surface area contributed by atoms with Crippen LogP contribution >= 0.6 is 0 Å². The molecule has 0 aliphatic carbocycles. The van der Waals surface area contributed by atoms with Gasteiger partial charge < -0.3 is 5.41 Å². The van der Waals surface area contributed by atoms with E-state index in [1.165, 1.54) is 6.07 Å². The number of halogens is 3. The van der Waals surface area contributed by atoms with E-state index in [-0.39, 0.29) is 0 Å². The van der Waals surface area contributed by atoms with E-state index >= 15 is 0 Å². The first-order chi connectivity index (χ1) is 6.89. The van der Waals surface area contributed by atoms with E-state index in [1.807, 2.05) is 0 Å². The summed E-state index contributed by atoms with van der Waals surface area (Å²) >= 11 is 0. The van der Waals surface area contributed by atoms with E-state index in [4.69, 9.17) is 5.41 Å². The van der Waals surface area contributed by atoms with Gasteiger partial charge in [0.25, 0.3) is 0 Å². The molecular weight excluding hydrogens is 203 g/mol. The van der Waals surface area contributed by atoms with Crippen LogP contribution in [0.15, 0.2) is 24.3 Å². The Bertz CT molecular complexity index is 355. The largest absolute Gasteiger partial charge is 0.416 e. The second kappa shape index (κ2) is 4.47. The van der Waals surface area contributed by atoms with Crippen molar-refractivity contribution in [2.24, 2.45) is 0 Å². The van der Waals surface area contributed by atoms with Crippen LogP contribution in [0.5, 0.6) is 0 Å². The first kappa shape index (κ1) is 11.8. The molecule has 0 atom stereocenters. The van der Waals surface area contributed by atoms with Crippen LogP contribution in [0.2, 0.25) is 0 Å². The highest BCUT2D eigenvalue weighted by atomic mass is 19.4. The molecule has 0 fully saturated rings. The van der Waals surface area contributed by atoms with Gasteiger partial charge in [-0.05, 0) is 31.4 Å². The summed E-state index contributed by atoms with van der Waals surface area (Å²) in [5.41, 5.74) is 0.478. The minimum Gasteiger partial charge on any atom is -0.310 e. The maximum absolute atomic E-state index is 12.3. The van der Waals surface area contributed by atoms with Crippen LogP contribution in [0.4, 0.5) is 13.2 Å². The molecule has 0 amide bonds. The molecule has 0 saturated heterocycles. The molecule has 0 heterocycles. The molecule has 0 saturated carbocycles. The van der Waals surface area contributed by atoms with E-state index in [0.717, 1.165) is 12.1 Å². The topological polar surface area (TPSA) is 23.9 Å². The number of benzene rings is 1. The molecule has 1 aromatic rings. The number of hydrogen-bond donors (Lipinski definition) is 1. The van der Waals surface area contributed by atoms with Gasteiger partial charge >= 0.3 is 6.18 Å². The molecule has 0 bridgehead atoms. The zero-order chi connectivity index (χ0) is 11.5. The highest BCUT2D eigenvalue weighted by Gasteiger charge is 2.30.